The lowest BCUT2D eigenvalue weighted by molar-refractivity contribution is -0.115. The van der Waals surface area contributed by atoms with E-state index in [0.717, 1.165) is 31.6 Å². The number of anilines is 1. The van der Waals surface area contributed by atoms with Gasteiger partial charge >= 0.3 is 0 Å². The van der Waals surface area contributed by atoms with Crippen molar-refractivity contribution < 1.29 is 9.32 Å². The molecule has 1 aromatic carbocycles. The molecule has 2 heterocycles. The number of para-hydroxylation sites is 1. The Labute approximate surface area is 141 Å². The van der Waals surface area contributed by atoms with Crippen LogP contribution in [0.15, 0.2) is 34.9 Å². The van der Waals surface area contributed by atoms with Gasteiger partial charge in [0.05, 0.1) is 6.42 Å². The lowest BCUT2D eigenvalue weighted by atomic mass is 10.0. The first-order chi connectivity index (χ1) is 10.8. The smallest absolute Gasteiger partial charge is 0.232 e. The highest BCUT2D eigenvalue weighted by Gasteiger charge is 2.16. The van der Waals surface area contributed by atoms with Crippen LogP contribution in [-0.2, 0) is 17.6 Å². The van der Waals surface area contributed by atoms with Gasteiger partial charge in [-0.3, -0.25) is 4.79 Å². The fraction of sp³-hybridized carbons (Fsp3) is 0.438. The Morgan fingerprint density at radius 2 is 2.17 bits per heavy atom. The first-order valence-electron chi connectivity index (χ1n) is 7.66. The van der Waals surface area contributed by atoms with Gasteiger partial charge < -0.3 is 15.2 Å². The van der Waals surface area contributed by atoms with Gasteiger partial charge in [-0.1, -0.05) is 23.4 Å². The van der Waals surface area contributed by atoms with E-state index in [2.05, 4.69) is 20.8 Å². The molecule has 1 aromatic heterocycles. The molecule has 2 N–H and O–H groups in total. The van der Waals surface area contributed by atoms with Gasteiger partial charge in [0.2, 0.25) is 11.8 Å². The van der Waals surface area contributed by atoms with Crippen LogP contribution in [0.4, 0.5) is 5.69 Å². The maximum Gasteiger partial charge on any atom is 0.232 e. The summed E-state index contributed by atoms with van der Waals surface area (Å²) in [6.07, 6.45) is 3.16. The molecule has 2 aromatic rings. The number of nitrogens with zero attached hydrogens (tertiary/aromatic N) is 2. The molecule has 1 atom stereocenters. The molecule has 6 nitrogen and oxygen atoms in total. The predicted octanol–water partition coefficient (Wildman–Crippen LogP) is 2.21. The van der Waals surface area contributed by atoms with Crippen molar-refractivity contribution in [2.45, 2.75) is 25.7 Å². The van der Waals surface area contributed by atoms with Crippen LogP contribution in [0, 0.1) is 5.92 Å². The minimum atomic E-state index is -0.140. The van der Waals surface area contributed by atoms with Crippen molar-refractivity contribution in [2.24, 2.45) is 5.92 Å². The summed E-state index contributed by atoms with van der Waals surface area (Å²) in [5.74, 6) is 1.61. The molecular formula is C16H21ClN4O2. The van der Waals surface area contributed by atoms with Crippen LogP contribution in [0.25, 0.3) is 0 Å². The number of hydrogen-bond donors (Lipinski definition) is 2. The number of rotatable bonds is 6. The summed E-state index contributed by atoms with van der Waals surface area (Å²) < 4.78 is 5.21. The molecule has 7 heteroatoms. The Morgan fingerprint density at radius 1 is 1.35 bits per heavy atom. The molecule has 1 fully saturated rings. The second-order valence-corrected chi connectivity index (χ2v) is 5.59. The van der Waals surface area contributed by atoms with Gasteiger partial charge in [-0.15, -0.1) is 12.4 Å². The van der Waals surface area contributed by atoms with Crippen molar-refractivity contribution in [1.82, 2.24) is 15.5 Å². The molecule has 0 aliphatic carbocycles. The Bertz CT molecular complexity index is 612. The average molecular weight is 337 g/mol. The summed E-state index contributed by atoms with van der Waals surface area (Å²) in [7, 11) is 0. The fourth-order valence-corrected chi connectivity index (χ4v) is 2.62. The zero-order valence-electron chi connectivity index (χ0n) is 12.8. The number of benzene rings is 1. The third-order valence-corrected chi connectivity index (χ3v) is 3.82. The van der Waals surface area contributed by atoms with Gasteiger partial charge in [-0.25, -0.2) is 0 Å². The Balaban J connectivity index is 0.00000192. The summed E-state index contributed by atoms with van der Waals surface area (Å²) in [5.41, 5.74) is 0.768. The van der Waals surface area contributed by atoms with E-state index in [1.54, 1.807) is 0 Å². The molecule has 1 aliphatic heterocycles. The standard InChI is InChI=1S/C16H20N4O2.ClH/c21-15(18-13-4-2-1-3-5-13)10-14-19-16(22-20-14)7-6-12-8-9-17-11-12;/h1-5,12,17H,6-11H2,(H,18,21);1H. The second kappa shape index (κ2) is 8.64. The molecule has 3 rings (SSSR count). The summed E-state index contributed by atoms with van der Waals surface area (Å²) in [6, 6.07) is 9.34. The van der Waals surface area contributed by atoms with Gasteiger partial charge in [-0.2, -0.15) is 4.98 Å². The van der Waals surface area contributed by atoms with Crippen LogP contribution in [0.5, 0.6) is 0 Å². The van der Waals surface area contributed by atoms with E-state index in [4.69, 9.17) is 4.52 Å². The minimum absolute atomic E-state index is 0. The third-order valence-electron chi connectivity index (χ3n) is 3.82. The van der Waals surface area contributed by atoms with E-state index >= 15 is 0 Å². The zero-order valence-corrected chi connectivity index (χ0v) is 13.6. The topological polar surface area (TPSA) is 80.1 Å². The summed E-state index contributed by atoms with van der Waals surface area (Å²) >= 11 is 0. The van der Waals surface area contributed by atoms with Crippen LogP contribution < -0.4 is 10.6 Å². The molecule has 0 bridgehead atoms. The van der Waals surface area contributed by atoms with Crippen LogP contribution in [0.1, 0.15) is 24.6 Å². The second-order valence-electron chi connectivity index (χ2n) is 5.59. The quantitative estimate of drug-likeness (QED) is 0.845. The van der Waals surface area contributed by atoms with E-state index in [-0.39, 0.29) is 24.7 Å². The molecule has 1 saturated heterocycles. The molecule has 0 radical (unpaired) electrons. The maximum atomic E-state index is 11.9. The van der Waals surface area contributed by atoms with E-state index < -0.39 is 0 Å². The lowest BCUT2D eigenvalue weighted by Crippen LogP contribution is -2.15. The van der Waals surface area contributed by atoms with Crippen molar-refractivity contribution in [3.63, 3.8) is 0 Å². The van der Waals surface area contributed by atoms with Crippen LogP contribution in [0.3, 0.4) is 0 Å². The molecule has 1 amide bonds. The molecule has 0 saturated carbocycles. The first-order valence-corrected chi connectivity index (χ1v) is 7.66. The van der Waals surface area contributed by atoms with Crippen LogP contribution in [0.2, 0.25) is 0 Å². The van der Waals surface area contributed by atoms with Crippen LogP contribution >= 0.6 is 12.4 Å². The molecule has 23 heavy (non-hydrogen) atoms. The average Bonchev–Trinajstić information content (AvgIpc) is 3.17. The van der Waals surface area contributed by atoms with Crippen molar-refractivity contribution in [2.75, 3.05) is 18.4 Å². The highest BCUT2D eigenvalue weighted by atomic mass is 35.5. The lowest BCUT2D eigenvalue weighted by Gasteiger charge is -2.04. The normalized spacial score (nSPS) is 16.8. The Kier molecular flexibility index (Phi) is 6.55. The SMILES string of the molecule is Cl.O=C(Cc1noc(CCC2CCNC2)n1)Nc1ccccc1. The molecule has 1 unspecified atom stereocenters. The largest absolute Gasteiger partial charge is 0.339 e. The molecular weight excluding hydrogens is 316 g/mol. The number of nitrogens with one attached hydrogen (secondary N) is 2. The molecule has 124 valence electrons. The van der Waals surface area contributed by atoms with Gasteiger partial charge in [0, 0.05) is 12.1 Å². The van der Waals surface area contributed by atoms with Gasteiger partial charge in [0.15, 0.2) is 5.82 Å². The zero-order chi connectivity index (χ0) is 15.2. The van der Waals surface area contributed by atoms with E-state index in [1.807, 2.05) is 30.3 Å². The van der Waals surface area contributed by atoms with Gasteiger partial charge in [0.25, 0.3) is 0 Å². The third kappa shape index (κ3) is 5.33. The number of halogens is 1. The number of aryl methyl sites for hydroxylation is 1. The predicted molar refractivity (Wildman–Crippen MR) is 89.6 cm³/mol. The summed E-state index contributed by atoms with van der Waals surface area (Å²) in [6.45, 7) is 2.17. The fourth-order valence-electron chi connectivity index (χ4n) is 2.62. The van der Waals surface area contributed by atoms with E-state index in [0.29, 0.717) is 17.6 Å². The molecule has 1 aliphatic rings. The van der Waals surface area contributed by atoms with E-state index in [1.165, 1.54) is 6.42 Å². The first kappa shape index (κ1) is 17.4. The highest BCUT2D eigenvalue weighted by Crippen LogP contribution is 2.15. The monoisotopic (exact) mass is 336 g/mol. The Hall–Kier alpha value is -1.92. The van der Waals surface area contributed by atoms with Gasteiger partial charge in [-0.05, 0) is 44.0 Å². The summed E-state index contributed by atoms with van der Waals surface area (Å²) in [4.78, 5) is 16.2. The molecule has 0 spiro atoms. The van der Waals surface area contributed by atoms with Crippen molar-refractivity contribution >= 4 is 24.0 Å². The summed E-state index contributed by atoms with van der Waals surface area (Å²) in [5, 5.41) is 10.0. The number of carbonyl (C=O) groups excluding carboxylic acids is 1. The number of aromatic nitrogens is 2. The van der Waals surface area contributed by atoms with Crippen LogP contribution in [-0.4, -0.2) is 29.1 Å². The maximum absolute atomic E-state index is 11.9. The number of carbonyl (C=O) groups is 1. The Morgan fingerprint density at radius 3 is 2.91 bits per heavy atom. The highest BCUT2D eigenvalue weighted by molar-refractivity contribution is 5.91. The van der Waals surface area contributed by atoms with Crippen molar-refractivity contribution in [3.05, 3.63) is 42.0 Å². The number of hydrogen-bond acceptors (Lipinski definition) is 5. The van der Waals surface area contributed by atoms with Crippen molar-refractivity contribution in [1.29, 1.82) is 0 Å². The van der Waals surface area contributed by atoms with Gasteiger partial charge in [0.1, 0.15) is 0 Å². The number of amides is 1. The van der Waals surface area contributed by atoms with Crippen molar-refractivity contribution in [3.8, 4) is 0 Å². The minimum Gasteiger partial charge on any atom is -0.339 e. The van der Waals surface area contributed by atoms with E-state index in [9.17, 15) is 4.79 Å².